The van der Waals surface area contributed by atoms with E-state index in [1.807, 2.05) is 109 Å². The van der Waals surface area contributed by atoms with Crippen LogP contribution in [-0.2, 0) is 0 Å². The van der Waals surface area contributed by atoms with E-state index in [1.165, 1.54) is 0 Å². The molecule has 6 heteroatoms. The normalized spacial score (nSPS) is 11.1. The summed E-state index contributed by atoms with van der Waals surface area (Å²) in [5.74, 6) is 1.77. The molecule has 0 unspecified atom stereocenters. The molecule has 0 saturated carbocycles. The van der Waals surface area contributed by atoms with E-state index < -0.39 is 0 Å². The van der Waals surface area contributed by atoms with E-state index in [2.05, 4.69) is 46.0 Å². The van der Waals surface area contributed by atoms with Crippen LogP contribution in [0.15, 0.2) is 146 Å². The van der Waals surface area contributed by atoms with E-state index in [0.29, 0.717) is 23.0 Å². The fraction of sp³-hybridized carbons (Fsp3) is 0. The molecule has 0 N–H and O–H groups in total. The molecule has 0 aliphatic heterocycles. The quantitative estimate of drug-likeness (QED) is 0.204. The Balaban J connectivity index is 1.42. The van der Waals surface area contributed by atoms with Gasteiger partial charge in [-0.1, -0.05) is 91.0 Å². The van der Waals surface area contributed by atoms with Crippen LogP contribution in [0.25, 0.3) is 72.8 Å². The van der Waals surface area contributed by atoms with Gasteiger partial charge in [-0.15, -0.1) is 0 Å². The van der Waals surface area contributed by atoms with Crippen LogP contribution in [0.5, 0.6) is 0 Å². The Bertz CT molecular complexity index is 2320. The standard InChI is InChI=1S/C39H24N6/c40-24-26-17-20-36-33(22-26)32-15-7-8-16-35(32)45(36)30-18-19-31(29-14-9-21-41-25-29)34(23-30)39-43-37(27-10-3-1-4-11-27)42-38(44-39)28-12-5-2-6-13-28/h1-23,25H. The summed E-state index contributed by atoms with van der Waals surface area (Å²) in [5, 5.41) is 11.7. The molecule has 45 heavy (non-hydrogen) atoms. The second-order valence-electron chi connectivity index (χ2n) is 10.7. The molecule has 5 aromatic carbocycles. The van der Waals surface area contributed by atoms with Gasteiger partial charge < -0.3 is 4.57 Å². The fourth-order valence-corrected chi connectivity index (χ4v) is 5.88. The monoisotopic (exact) mass is 576 g/mol. The highest BCUT2D eigenvalue weighted by Gasteiger charge is 2.19. The number of para-hydroxylation sites is 1. The lowest BCUT2D eigenvalue weighted by molar-refractivity contribution is 1.07. The van der Waals surface area contributed by atoms with Crippen molar-refractivity contribution in [3.8, 4) is 57.0 Å². The van der Waals surface area contributed by atoms with Gasteiger partial charge in [-0.25, -0.2) is 15.0 Å². The van der Waals surface area contributed by atoms with Crippen LogP contribution in [0, 0.1) is 11.3 Å². The summed E-state index contributed by atoms with van der Waals surface area (Å²) in [6.45, 7) is 0. The number of benzene rings is 5. The minimum atomic E-state index is 0.566. The molecule has 3 heterocycles. The number of rotatable bonds is 5. The largest absolute Gasteiger partial charge is 0.309 e. The zero-order chi connectivity index (χ0) is 30.2. The van der Waals surface area contributed by atoms with Crippen molar-refractivity contribution >= 4 is 21.8 Å². The minimum Gasteiger partial charge on any atom is -0.309 e. The second-order valence-corrected chi connectivity index (χ2v) is 10.7. The Morgan fingerprint density at radius 3 is 1.84 bits per heavy atom. The highest BCUT2D eigenvalue weighted by atomic mass is 15.0. The minimum absolute atomic E-state index is 0.566. The number of nitrogens with zero attached hydrogens (tertiary/aromatic N) is 6. The molecule has 0 saturated heterocycles. The lowest BCUT2D eigenvalue weighted by Crippen LogP contribution is -2.02. The second kappa shape index (κ2) is 11.0. The molecule has 0 aliphatic rings. The Morgan fingerprint density at radius 1 is 0.511 bits per heavy atom. The molecule has 210 valence electrons. The van der Waals surface area contributed by atoms with E-state index in [0.717, 1.165) is 55.3 Å². The Hall–Kier alpha value is -6.45. The molecular formula is C39H24N6. The van der Waals surface area contributed by atoms with Gasteiger partial charge in [0.2, 0.25) is 0 Å². The maximum atomic E-state index is 9.62. The van der Waals surface area contributed by atoms with E-state index >= 15 is 0 Å². The fourth-order valence-electron chi connectivity index (χ4n) is 5.88. The number of aromatic nitrogens is 5. The van der Waals surface area contributed by atoms with Crippen molar-refractivity contribution in [1.82, 2.24) is 24.5 Å². The summed E-state index contributed by atoms with van der Waals surface area (Å²) in [6, 6.07) is 46.8. The molecular weight excluding hydrogens is 552 g/mol. The lowest BCUT2D eigenvalue weighted by atomic mass is 9.99. The van der Waals surface area contributed by atoms with Crippen LogP contribution in [0.1, 0.15) is 5.56 Å². The van der Waals surface area contributed by atoms with Gasteiger partial charge in [0.1, 0.15) is 0 Å². The summed E-state index contributed by atoms with van der Waals surface area (Å²) in [5.41, 5.74) is 8.25. The third kappa shape index (κ3) is 4.69. The molecule has 0 radical (unpaired) electrons. The first kappa shape index (κ1) is 26.2. The maximum Gasteiger partial charge on any atom is 0.164 e. The lowest BCUT2D eigenvalue weighted by Gasteiger charge is -2.15. The topological polar surface area (TPSA) is 80.3 Å². The van der Waals surface area contributed by atoms with Crippen LogP contribution in [0.4, 0.5) is 0 Å². The van der Waals surface area contributed by atoms with Crippen molar-refractivity contribution in [3.63, 3.8) is 0 Å². The Labute approximate surface area is 259 Å². The molecule has 8 rings (SSSR count). The summed E-state index contributed by atoms with van der Waals surface area (Å²) >= 11 is 0. The Morgan fingerprint density at radius 2 is 1.16 bits per heavy atom. The first-order valence-corrected chi connectivity index (χ1v) is 14.6. The average Bonchev–Trinajstić information content (AvgIpc) is 3.46. The number of fused-ring (bicyclic) bond motifs is 3. The predicted octanol–water partition coefficient (Wildman–Crippen LogP) is 8.90. The van der Waals surface area contributed by atoms with Gasteiger partial charge in [0.15, 0.2) is 17.5 Å². The van der Waals surface area contributed by atoms with E-state index in [4.69, 9.17) is 15.0 Å². The Kier molecular flexibility index (Phi) is 6.40. The van der Waals surface area contributed by atoms with Gasteiger partial charge in [-0.3, -0.25) is 4.98 Å². The van der Waals surface area contributed by atoms with Gasteiger partial charge in [-0.05, 0) is 48.0 Å². The SMILES string of the molecule is N#Cc1ccc2c(c1)c1ccccc1n2-c1ccc(-c2cccnc2)c(-c2nc(-c3ccccc3)nc(-c3ccccc3)n2)c1. The molecule has 3 aromatic heterocycles. The van der Waals surface area contributed by atoms with Crippen molar-refractivity contribution in [1.29, 1.82) is 5.26 Å². The number of hydrogen-bond donors (Lipinski definition) is 0. The van der Waals surface area contributed by atoms with Crippen molar-refractivity contribution in [2.24, 2.45) is 0 Å². The van der Waals surface area contributed by atoms with Crippen molar-refractivity contribution in [3.05, 3.63) is 151 Å². The third-order valence-electron chi connectivity index (χ3n) is 7.98. The van der Waals surface area contributed by atoms with Gasteiger partial charge in [0.25, 0.3) is 0 Å². The highest BCUT2D eigenvalue weighted by molar-refractivity contribution is 6.09. The van der Waals surface area contributed by atoms with Gasteiger partial charge in [0.05, 0.1) is 22.7 Å². The van der Waals surface area contributed by atoms with Crippen LogP contribution in [0.3, 0.4) is 0 Å². The summed E-state index contributed by atoms with van der Waals surface area (Å²) in [6.07, 6.45) is 3.63. The molecule has 0 amide bonds. The molecule has 6 nitrogen and oxygen atoms in total. The van der Waals surface area contributed by atoms with Gasteiger partial charge >= 0.3 is 0 Å². The van der Waals surface area contributed by atoms with E-state index in [1.54, 1.807) is 6.20 Å². The third-order valence-corrected chi connectivity index (χ3v) is 7.98. The summed E-state index contributed by atoms with van der Waals surface area (Å²) < 4.78 is 2.24. The van der Waals surface area contributed by atoms with Crippen LogP contribution in [-0.4, -0.2) is 24.5 Å². The highest BCUT2D eigenvalue weighted by Crippen LogP contribution is 2.37. The molecule has 0 spiro atoms. The summed E-state index contributed by atoms with van der Waals surface area (Å²) in [7, 11) is 0. The molecule has 0 aliphatic carbocycles. The summed E-state index contributed by atoms with van der Waals surface area (Å²) in [4.78, 5) is 19.5. The van der Waals surface area contributed by atoms with Crippen LogP contribution >= 0.6 is 0 Å². The molecule has 0 atom stereocenters. The van der Waals surface area contributed by atoms with E-state index in [-0.39, 0.29) is 0 Å². The first-order valence-electron chi connectivity index (χ1n) is 14.6. The number of pyridine rings is 1. The molecule has 8 aromatic rings. The number of hydrogen-bond acceptors (Lipinski definition) is 5. The van der Waals surface area contributed by atoms with Crippen molar-refractivity contribution < 1.29 is 0 Å². The molecule has 0 bridgehead atoms. The zero-order valence-corrected chi connectivity index (χ0v) is 24.0. The van der Waals surface area contributed by atoms with E-state index in [9.17, 15) is 5.26 Å². The van der Waals surface area contributed by atoms with Crippen LogP contribution < -0.4 is 0 Å². The molecule has 0 fully saturated rings. The van der Waals surface area contributed by atoms with Crippen molar-refractivity contribution in [2.75, 3.05) is 0 Å². The number of nitriles is 1. The maximum absolute atomic E-state index is 9.62. The van der Waals surface area contributed by atoms with Gasteiger partial charge in [-0.2, -0.15) is 5.26 Å². The van der Waals surface area contributed by atoms with Crippen LogP contribution in [0.2, 0.25) is 0 Å². The average molecular weight is 577 g/mol. The smallest absolute Gasteiger partial charge is 0.164 e. The predicted molar refractivity (Wildman–Crippen MR) is 178 cm³/mol. The first-order chi connectivity index (χ1) is 22.3. The zero-order valence-electron chi connectivity index (χ0n) is 24.0. The van der Waals surface area contributed by atoms with Gasteiger partial charge in [0, 0.05) is 51.1 Å². The van der Waals surface area contributed by atoms with Crippen molar-refractivity contribution in [2.45, 2.75) is 0 Å².